The molecular weight excluding hydrogens is 719 g/mol. The Labute approximate surface area is 350 Å². The quantitative estimate of drug-likeness (QED) is 0.292. The Bertz CT molecular complexity index is 2580. The Morgan fingerprint density at radius 3 is 2.54 bits per heavy atom. The summed E-state index contributed by atoms with van der Waals surface area (Å²) in [5, 5.41) is 2.82. The molecule has 0 spiro atoms. The normalized spacial score (nSPS) is 32.1. The summed E-state index contributed by atoms with van der Waals surface area (Å²) in [6.07, 6.45) is 52.7. The predicted octanol–water partition coefficient (Wildman–Crippen LogP) is 11.5. The monoisotopic (exact) mass is 773 g/mol. The minimum Gasteiger partial charge on any atom is -0.489 e. The van der Waals surface area contributed by atoms with Gasteiger partial charge in [0.15, 0.2) is 0 Å². The minimum absolute atomic E-state index is 0.117. The van der Waals surface area contributed by atoms with Crippen molar-refractivity contribution in [1.82, 2.24) is 4.90 Å². The van der Waals surface area contributed by atoms with E-state index in [0.717, 1.165) is 50.7 Å². The van der Waals surface area contributed by atoms with Gasteiger partial charge in [0.1, 0.15) is 23.7 Å². The molecule has 59 heavy (non-hydrogen) atoms. The van der Waals surface area contributed by atoms with Gasteiger partial charge in [-0.05, 0) is 133 Å². The number of hydrogen-bond acceptors (Lipinski definition) is 3. The lowest BCUT2D eigenvalue weighted by Crippen LogP contribution is -2.44. The number of rotatable bonds is 6. The molecule has 0 amide bonds. The highest BCUT2D eigenvalue weighted by Gasteiger charge is 2.40. The number of benzene rings is 2. The summed E-state index contributed by atoms with van der Waals surface area (Å²) >= 11 is 0. The average molecular weight is 774 g/mol. The van der Waals surface area contributed by atoms with Crippen molar-refractivity contribution in [3.8, 4) is 5.75 Å². The van der Waals surface area contributed by atoms with Crippen LogP contribution in [0.1, 0.15) is 94.1 Å². The van der Waals surface area contributed by atoms with Crippen molar-refractivity contribution in [2.24, 2.45) is 23.7 Å². The maximum Gasteiger partial charge on any atom is 0.127 e. The van der Waals surface area contributed by atoms with E-state index in [1.165, 1.54) is 98.7 Å². The van der Waals surface area contributed by atoms with Crippen LogP contribution in [-0.4, -0.2) is 23.1 Å². The lowest BCUT2D eigenvalue weighted by atomic mass is 9.78. The predicted molar refractivity (Wildman–Crippen MR) is 240 cm³/mol. The molecule has 2 aliphatic heterocycles. The van der Waals surface area contributed by atoms with Gasteiger partial charge in [-0.25, -0.2) is 0 Å². The van der Waals surface area contributed by atoms with Crippen molar-refractivity contribution in [1.29, 1.82) is 0 Å². The van der Waals surface area contributed by atoms with Gasteiger partial charge in [-0.15, -0.1) is 0 Å². The molecule has 0 aromatic heterocycles. The van der Waals surface area contributed by atoms with Crippen molar-refractivity contribution in [3.05, 3.63) is 189 Å². The van der Waals surface area contributed by atoms with Crippen LogP contribution in [0, 0.1) is 23.7 Å². The Morgan fingerprint density at radius 2 is 1.66 bits per heavy atom. The molecule has 2 heterocycles. The fraction of sp³-hybridized carbons (Fsp3) is 0.357. The van der Waals surface area contributed by atoms with E-state index in [1.54, 1.807) is 0 Å². The molecule has 0 saturated heterocycles. The van der Waals surface area contributed by atoms with E-state index in [-0.39, 0.29) is 12.1 Å². The maximum absolute atomic E-state index is 6.75. The van der Waals surface area contributed by atoms with Crippen LogP contribution < -0.4 is 15.2 Å². The molecule has 0 bridgehead atoms. The zero-order chi connectivity index (χ0) is 38.9. The van der Waals surface area contributed by atoms with Gasteiger partial charge >= 0.3 is 0 Å². The van der Waals surface area contributed by atoms with E-state index in [9.17, 15) is 0 Å². The van der Waals surface area contributed by atoms with E-state index in [2.05, 4.69) is 145 Å². The molecule has 10 aliphatic rings. The number of ether oxygens (including phenoxy) is 2. The van der Waals surface area contributed by atoms with E-state index < -0.39 is 0 Å². The van der Waals surface area contributed by atoms with Crippen LogP contribution in [0.4, 0.5) is 0 Å². The van der Waals surface area contributed by atoms with Crippen molar-refractivity contribution in [2.75, 3.05) is 0 Å². The molecule has 3 heteroatoms. The molecule has 8 atom stereocenters. The molecule has 1 saturated carbocycles. The molecule has 3 nitrogen and oxygen atoms in total. The van der Waals surface area contributed by atoms with Crippen LogP contribution >= 0.6 is 0 Å². The molecule has 0 radical (unpaired) electrons. The Kier molecular flexibility index (Phi) is 8.92. The van der Waals surface area contributed by atoms with E-state index >= 15 is 0 Å². The van der Waals surface area contributed by atoms with Crippen LogP contribution in [0.5, 0.6) is 5.75 Å². The minimum atomic E-state index is 0.117. The Hall–Kier alpha value is -5.28. The number of fused-ring (bicyclic) bond motifs is 7. The molecule has 296 valence electrons. The highest BCUT2D eigenvalue weighted by Crippen LogP contribution is 2.49. The van der Waals surface area contributed by atoms with E-state index in [1.807, 2.05) is 0 Å². The van der Waals surface area contributed by atoms with Gasteiger partial charge in [-0.1, -0.05) is 128 Å². The second-order valence-corrected chi connectivity index (χ2v) is 18.5. The van der Waals surface area contributed by atoms with Crippen molar-refractivity contribution in [3.63, 3.8) is 0 Å². The highest BCUT2D eigenvalue weighted by atomic mass is 16.5. The second-order valence-electron chi connectivity index (χ2n) is 18.5. The first-order valence-corrected chi connectivity index (χ1v) is 22.9. The van der Waals surface area contributed by atoms with Crippen LogP contribution in [0.25, 0.3) is 16.8 Å². The van der Waals surface area contributed by atoms with Gasteiger partial charge in [0.25, 0.3) is 0 Å². The van der Waals surface area contributed by atoms with Crippen molar-refractivity contribution in [2.45, 2.75) is 101 Å². The fourth-order valence-electron chi connectivity index (χ4n) is 12.2. The lowest BCUT2D eigenvalue weighted by Gasteiger charge is -2.40. The molecule has 2 aromatic rings. The van der Waals surface area contributed by atoms with Gasteiger partial charge in [-0.3, -0.25) is 0 Å². The van der Waals surface area contributed by atoms with Crippen LogP contribution in [0.15, 0.2) is 168 Å². The molecule has 12 rings (SSSR count). The number of allylic oxidation sites excluding steroid dienone is 15. The van der Waals surface area contributed by atoms with Gasteiger partial charge in [0.05, 0.1) is 6.04 Å². The first-order chi connectivity index (χ1) is 29.2. The summed E-state index contributed by atoms with van der Waals surface area (Å²) in [5.74, 6) is 4.58. The average Bonchev–Trinajstić information content (AvgIpc) is 3.88. The zero-order valence-electron chi connectivity index (χ0n) is 34.1. The number of hydrogen-bond donors (Lipinski definition) is 0. The highest BCUT2D eigenvalue weighted by molar-refractivity contribution is 5.77. The summed E-state index contributed by atoms with van der Waals surface area (Å²) in [6.45, 7) is 0. The van der Waals surface area contributed by atoms with Crippen LogP contribution in [0.2, 0.25) is 0 Å². The Balaban J connectivity index is 0.847. The first-order valence-electron chi connectivity index (χ1n) is 22.9. The van der Waals surface area contributed by atoms with Crippen LogP contribution in [0.3, 0.4) is 0 Å². The summed E-state index contributed by atoms with van der Waals surface area (Å²) in [6, 6.07) is 16.5. The first kappa shape index (κ1) is 35.6. The summed E-state index contributed by atoms with van der Waals surface area (Å²) in [5.41, 5.74) is 12.7. The SMILES string of the molecule is C1=CCC(C2=CCCC3=C2OC2C=CC(C4C=CC(N(C5=c6ccccc6=C6C=CCCC6C5)C5C=CC(c6ccc7c(c6)OC6CCCCC76)=CC5)=CC4)=CC32)C=C1. The molecular formula is C56H55NO2. The topological polar surface area (TPSA) is 21.7 Å². The van der Waals surface area contributed by atoms with E-state index in [4.69, 9.17) is 9.47 Å². The smallest absolute Gasteiger partial charge is 0.127 e. The summed E-state index contributed by atoms with van der Waals surface area (Å²) in [4.78, 5) is 2.73. The van der Waals surface area contributed by atoms with Crippen molar-refractivity contribution >= 4 is 16.8 Å². The molecule has 8 unspecified atom stereocenters. The molecule has 2 aromatic carbocycles. The third-order valence-corrected chi connectivity index (χ3v) is 15.2. The van der Waals surface area contributed by atoms with Gasteiger partial charge in [-0.2, -0.15) is 0 Å². The van der Waals surface area contributed by atoms with Gasteiger partial charge in [0, 0.05) is 45.8 Å². The summed E-state index contributed by atoms with van der Waals surface area (Å²) < 4.78 is 13.3. The zero-order valence-corrected chi connectivity index (χ0v) is 34.1. The summed E-state index contributed by atoms with van der Waals surface area (Å²) in [7, 11) is 0. The maximum atomic E-state index is 6.75. The molecule has 8 aliphatic carbocycles. The third-order valence-electron chi connectivity index (χ3n) is 15.2. The molecule has 0 N–H and O–H groups in total. The van der Waals surface area contributed by atoms with Gasteiger partial charge < -0.3 is 14.4 Å². The lowest BCUT2D eigenvalue weighted by molar-refractivity contribution is 0.164. The van der Waals surface area contributed by atoms with Crippen LogP contribution in [-0.2, 0) is 4.74 Å². The standard InChI is InChI=1S/C56H55NO2/c1-2-11-38(12-3-1)45-18-10-19-50-51-33-39(26-32-54(51)59-56(45)50)36-21-27-42(28-22-36)57(52-34-41-13-4-5-14-44(41)46-15-6-7-16-47(46)52)43-29-23-37(24-30-43)40-25-31-49-48-17-8-9-20-53(48)58-55(49)35-40/h1-3,5-7,11,14-16,18,21,23-29,31-33,35-36,38,41,43,48,51,53-54H,4,8-10,12-13,17,19-20,22,30,34H2. The fourth-order valence-corrected chi connectivity index (χ4v) is 12.2. The van der Waals surface area contributed by atoms with Crippen molar-refractivity contribution < 1.29 is 9.47 Å². The largest absolute Gasteiger partial charge is 0.489 e. The third kappa shape index (κ3) is 6.22. The number of nitrogens with zero attached hydrogens (tertiary/aromatic N) is 1. The molecule has 1 fully saturated rings. The Morgan fingerprint density at radius 1 is 0.712 bits per heavy atom. The second kappa shape index (κ2) is 14.8. The van der Waals surface area contributed by atoms with Gasteiger partial charge in [0.2, 0.25) is 0 Å². The van der Waals surface area contributed by atoms with E-state index in [0.29, 0.717) is 35.7 Å².